The van der Waals surface area contributed by atoms with Crippen LogP contribution in [-0.4, -0.2) is 12.3 Å². The van der Waals surface area contributed by atoms with E-state index in [2.05, 4.69) is 13.0 Å². The lowest BCUT2D eigenvalue weighted by Gasteiger charge is -2.16. The molecule has 0 saturated heterocycles. The molecule has 0 unspecified atom stereocenters. The van der Waals surface area contributed by atoms with E-state index in [1.807, 2.05) is 26.0 Å². The molecule has 0 bridgehead atoms. The van der Waals surface area contributed by atoms with Gasteiger partial charge in [0.2, 0.25) is 0 Å². The molecule has 0 aliphatic heterocycles. The molecule has 0 heterocycles. The van der Waals surface area contributed by atoms with Gasteiger partial charge >= 0.3 is 0 Å². The van der Waals surface area contributed by atoms with Crippen LogP contribution in [0.1, 0.15) is 39.7 Å². The fraction of sp³-hybridized carbons (Fsp3) is 0.353. The molecule has 0 spiro atoms. The number of hydrogen-bond acceptors (Lipinski definition) is 2. The summed E-state index contributed by atoms with van der Waals surface area (Å²) < 4.78 is 13.8. The summed E-state index contributed by atoms with van der Waals surface area (Å²) in [5.74, 6) is 0. The summed E-state index contributed by atoms with van der Waals surface area (Å²) in [5, 5.41) is 8.95. The SMILES string of the molecule is CC/C=C(C)/C=C(/C)C(=N)c1ccccc1N(F)CC. The van der Waals surface area contributed by atoms with Crippen LogP contribution < -0.4 is 5.12 Å². The highest BCUT2D eigenvalue weighted by Gasteiger charge is 2.13. The van der Waals surface area contributed by atoms with Gasteiger partial charge in [0.25, 0.3) is 0 Å². The first kappa shape index (κ1) is 16.2. The van der Waals surface area contributed by atoms with Crippen LogP contribution in [0.3, 0.4) is 0 Å². The third kappa shape index (κ3) is 4.05. The second-order valence-corrected chi connectivity index (χ2v) is 4.75. The Kier molecular flexibility index (Phi) is 6.16. The molecule has 0 radical (unpaired) electrons. The standard InChI is InChI=1S/C17H23FN2/c1-5-9-13(3)12-14(4)17(19)15-10-7-8-11-16(15)20(18)6-2/h7-12,19H,5-6H2,1-4H3/b13-9+,14-12-,19-17?. The van der Waals surface area contributed by atoms with Crippen molar-refractivity contribution >= 4 is 11.4 Å². The van der Waals surface area contributed by atoms with E-state index in [9.17, 15) is 4.48 Å². The Hall–Kier alpha value is -1.90. The zero-order valence-electron chi connectivity index (χ0n) is 12.7. The molecular formula is C17H23FN2. The number of allylic oxidation sites excluding steroid dienone is 4. The number of para-hydroxylation sites is 1. The van der Waals surface area contributed by atoms with Gasteiger partial charge in [0.1, 0.15) is 0 Å². The van der Waals surface area contributed by atoms with Gasteiger partial charge in [-0.15, -0.1) is 0 Å². The fourth-order valence-electron chi connectivity index (χ4n) is 2.07. The van der Waals surface area contributed by atoms with Crippen LogP contribution in [0, 0.1) is 5.41 Å². The van der Waals surface area contributed by atoms with Gasteiger partial charge < -0.3 is 0 Å². The van der Waals surface area contributed by atoms with Crippen LogP contribution in [0.2, 0.25) is 0 Å². The van der Waals surface area contributed by atoms with Crippen LogP contribution in [0.5, 0.6) is 0 Å². The maximum Gasteiger partial charge on any atom is 0.0781 e. The van der Waals surface area contributed by atoms with E-state index < -0.39 is 0 Å². The average molecular weight is 274 g/mol. The van der Waals surface area contributed by atoms with Gasteiger partial charge in [-0.3, -0.25) is 5.41 Å². The van der Waals surface area contributed by atoms with Gasteiger partial charge in [0, 0.05) is 12.1 Å². The molecule has 3 heteroatoms. The van der Waals surface area contributed by atoms with E-state index in [0.717, 1.165) is 17.6 Å². The number of hydrogen-bond donors (Lipinski definition) is 1. The van der Waals surface area contributed by atoms with Crippen LogP contribution >= 0.6 is 0 Å². The summed E-state index contributed by atoms with van der Waals surface area (Å²) in [7, 11) is 0. The monoisotopic (exact) mass is 274 g/mol. The molecule has 0 amide bonds. The minimum absolute atomic E-state index is 0.266. The van der Waals surface area contributed by atoms with Crippen LogP contribution in [0.4, 0.5) is 10.2 Å². The van der Waals surface area contributed by atoms with E-state index in [1.54, 1.807) is 25.1 Å². The fourth-order valence-corrected chi connectivity index (χ4v) is 2.07. The molecule has 20 heavy (non-hydrogen) atoms. The van der Waals surface area contributed by atoms with E-state index in [4.69, 9.17) is 5.41 Å². The van der Waals surface area contributed by atoms with Crippen molar-refractivity contribution in [1.29, 1.82) is 5.41 Å². The zero-order valence-corrected chi connectivity index (χ0v) is 12.7. The number of rotatable bonds is 6. The van der Waals surface area contributed by atoms with Crippen LogP contribution in [0.15, 0.2) is 47.6 Å². The second-order valence-electron chi connectivity index (χ2n) is 4.75. The zero-order chi connectivity index (χ0) is 15.1. The number of nitrogens with one attached hydrogen (secondary N) is 1. The van der Waals surface area contributed by atoms with Crippen molar-refractivity contribution in [3.63, 3.8) is 0 Å². The third-order valence-corrected chi connectivity index (χ3v) is 3.08. The Bertz CT molecular complexity index is 530. The normalized spacial score (nSPS) is 12.4. The van der Waals surface area contributed by atoms with E-state index in [1.165, 1.54) is 0 Å². The van der Waals surface area contributed by atoms with Crippen molar-refractivity contribution in [2.45, 2.75) is 34.1 Å². The Morgan fingerprint density at radius 2 is 1.90 bits per heavy atom. The van der Waals surface area contributed by atoms with Crippen LogP contribution in [-0.2, 0) is 0 Å². The summed E-state index contributed by atoms with van der Waals surface area (Å²) in [6, 6.07) is 7.11. The quantitative estimate of drug-likeness (QED) is 0.438. The first-order chi connectivity index (χ1) is 9.51. The van der Waals surface area contributed by atoms with E-state index in [0.29, 0.717) is 22.1 Å². The Morgan fingerprint density at radius 3 is 2.50 bits per heavy atom. The minimum atomic E-state index is 0.266. The topological polar surface area (TPSA) is 27.1 Å². The van der Waals surface area contributed by atoms with E-state index in [-0.39, 0.29) is 6.54 Å². The minimum Gasteiger partial charge on any atom is -0.300 e. The van der Waals surface area contributed by atoms with Gasteiger partial charge in [-0.1, -0.05) is 47.3 Å². The molecule has 1 rings (SSSR count). The molecule has 0 fully saturated rings. The summed E-state index contributed by atoms with van der Waals surface area (Å²) in [4.78, 5) is 0. The molecule has 0 aliphatic rings. The molecule has 108 valence electrons. The Balaban J connectivity index is 3.12. The first-order valence-electron chi connectivity index (χ1n) is 6.97. The highest BCUT2D eigenvalue weighted by atomic mass is 19.2. The molecule has 0 saturated carbocycles. The highest BCUT2D eigenvalue weighted by molar-refractivity contribution is 6.13. The lowest BCUT2D eigenvalue weighted by atomic mass is 10.00. The Labute approximate surface area is 121 Å². The number of halogens is 1. The highest BCUT2D eigenvalue weighted by Crippen LogP contribution is 2.23. The Morgan fingerprint density at radius 1 is 1.25 bits per heavy atom. The summed E-state index contributed by atoms with van der Waals surface area (Å²) >= 11 is 0. The predicted molar refractivity (Wildman–Crippen MR) is 85.2 cm³/mol. The molecule has 2 nitrogen and oxygen atoms in total. The van der Waals surface area contributed by atoms with Gasteiger partial charge in [0.05, 0.1) is 11.4 Å². The molecule has 1 N–H and O–H groups in total. The van der Waals surface area contributed by atoms with Crippen LogP contribution in [0.25, 0.3) is 0 Å². The maximum atomic E-state index is 13.8. The van der Waals surface area contributed by atoms with Crippen molar-refractivity contribution in [3.05, 3.63) is 53.1 Å². The molecule has 0 atom stereocenters. The van der Waals surface area contributed by atoms with E-state index >= 15 is 0 Å². The summed E-state index contributed by atoms with van der Waals surface area (Å²) in [6.07, 6.45) is 5.04. The van der Waals surface area contributed by atoms with Crippen molar-refractivity contribution in [1.82, 2.24) is 0 Å². The molecule has 1 aromatic rings. The van der Waals surface area contributed by atoms with Gasteiger partial charge in [-0.25, -0.2) is 5.12 Å². The molecular weight excluding hydrogens is 251 g/mol. The van der Waals surface area contributed by atoms with Gasteiger partial charge in [-0.05, 0) is 38.8 Å². The maximum absolute atomic E-state index is 13.8. The summed E-state index contributed by atoms with van der Waals surface area (Å²) in [5.41, 5.74) is 3.39. The number of nitrogens with zero attached hydrogens (tertiary/aromatic N) is 1. The third-order valence-electron chi connectivity index (χ3n) is 3.08. The number of anilines is 1. The summed E-state index contributed by atoms with van der Waals surface area (Å²) in [6.45, 7) is 7.99. The molecule has 0 aliphatic carbocycles. The second kappa shape index (κ2) is 7.63. The lowest BCUT2D eigenvalue weighted by Crippen LogP contribution is -2.15. The van der Waals surface area contributed by atoms with Crippen molar-refractivity contribution in [2.24, 2.45) is 0 Å². The number of benzene rings is 1. The average Bonchev–Trinajstić information content (AvgIpc) is 2.45. The van der Waals surface area contributed by atoms with Crippen molar-refractivity contribution in [2.75, 3.05) is 11.7 Å². The smallest absolute Gasteiger partial charge is 0.0781 e. The largest absolute Gasteiger partial charge is 0.300 e. The van der Waals surface area contributed by atoms with Crippen molar-refractivity contribution in [3.8, 4) is 0 Å². The van der Waals surface area contributed by atoms with Gasteiger partial charge in [-0.2, -0.15) is 0 Å². The van der Waals surface area contributed by atoms with Gasteiger partial charge in [0.15, 0.2) is 0 Å². The lowest BCUT2D eigenvalue weighted by molar-refractivity contribution is 0.444. The first-order valence-corrected chi connectivity index (χ1v) is 6.97. The predicted octanol–water partition coefficient (Wildman–Crippen LogP) is 5.07. The van der Waals surface area contributed by atoms with Crippen molar-refractivity contribution < 1.29 is 4.48 Å². The molecule has 0 aromatic heterocycles. The molecule has 1 aromatic carbocycles.